The number of nitrogens with one attached hydrogen (secondary N) is 1. The molecule has 0 radical (unpaired) electrons. The molecule has 1 N–H and O–H groups in total. The van der Waals surface area contributed by atoms with Gasteiger partial charge in [-0.1, -0.05) is 11.6 Å². The van der Waals surface area contributed by atoms with Crippen LogP contribution in [-0.2, 0) is 10.0 Å². The molecule has 24 heavy (non-hydrogen) atoms. The normalized spacial score (nSPS) is 17.0. The van der Waals surface area contributed by atoms with Crippen LogP contribution in [0.4, 0.5) is 0 Å². The number of ether oxygens (including phenoxy) is 1. The van der Waals surface area contributed by atoms with Gasteiger partial charge in [-0.15, -0.1) is 0 Å². The van der Waals surface area contributed by atoms with Crippen LogP contribution in [0.3, 0.4) is 0 Å². The van der Waals surface area contributed by atoms with E-state index in [9.17, 15) is 13.2 Å². The minimum atomic E-state index is -3.15. The third kappa shape index (κ3) is 5.09. The third-order valence-electron chi connectivity index (χ3n) is 3.78. The van der Waals surface area contributed by atoms with Gasteiger partial charge in [0.1, 0.15) is 11.9 Å². The number of halogens is 1. The Balaban J connectivity index is 1.98. The second-order valence-electron chi connectivity index (χ2n) is 6.25. The lowest BCUT2D eigenvalue weighted by Gasteiger charge is -2.30. The first kappa shape index (κ1) is 19.0. The van der Waals surface area contributed by atoms with Gasteiger partial charge in [0.05, 0.1) is 11.3 Å². The molecule has 1 aliphatic rings. The fraction of sp³-hybridized carbons (Fsp3) is 0.562. The summed E-state index contributed by atoms with van der Waals surface area (Å²) in [5.41, 5.74) is 0.480. The second-order valence-corrected chi connectivity index (χ2v) is 8.64. The number of carbonyl (C=O) groups excluding carboxylic acids is 1. The fourth-order valence-electron chi connectivity index (χ4n) is 2.54. The van der Waals surface area contributed by atoms with Crippen molar-refractivity contribution >= 4 is 27.5 Å². The number of amides is 1. The number of carbonyl (C=O) groups is 1. The van der Waals surface area contributed by atoms with Gasteiger partial charge in [-0.05, 0) is 44.9 Å². The lowest BCUT2D eigenvalue weighted by atomic mass is 10.1. The minimum Gasteiger partial charge on any atom is -0.489 e. The van der Waals surface area contributed by atoms with E-state index >= 15 is 0 Å². The molecule has 0 saturated carbocycles. The predicted octanol–water partition coefficient (Wildman–Crippen LogP) is 2.28. The molecular weight excluding hydrogens is 352 g/mol. The monoisotopic (exact) mass is 374 g/mol. The highest BCUT2D eigenvalue weighted by Crippen LogP contribution is 2.28. The van der Waals surface area contributed by atoms with Crippen molar-refractivity contribution in [2.45, 2.75) is 38.8 Å². The van der Waals surface area contributed by atoms with Crippen LogP contribution in [0.2, 0.25) is 5.02 Å². The van der Waals surface area contributed by atoms with E-state index in [1.807, 2.05) is 13.8 Å². The minimum absolute atomic E-state index is 0.0484. The van der Waals surface area contributed by atoms with E-state index < -0.39 is 10.0 Å². The predicted molar refractivity (Wildman–Crippen MR) is 94.1 cm³/mol. The summed E-state index contributed by atoms with van der Waals surface area (Å²) in [5.74, 6) is 0.329. The summed E-state index contributed by atoms with van der Waals surface area (Å²) >= 11 is 6.22. The zero-order valence-corrected chi connectivity index (χ0v) is 15.7. The van der Waals surface area contributed by atoms with Crippen molar-refractivity contribution < 1.29 is 17.9 Å². The van der Waals surface area contributed by atoms with Gasteiger partial charge in [0, 0.05) is 24.7 Å². The number of piperidine rings is 1. The number of hydrogen-bond donors (Lipinski definition) is 1. The molecule has 2 rings (SSSR count). The molecule has 0 aliphatic carbocycles. The summed E-state index contributed by atoms with van der Waals surface area (Å²) in [7, 11) is -3.15. The largest absolute Gasteiger partial charge is 0.489 e. The Kier molecular flexibility index (Phi) is 6.11. The van der Waals surface area contributed by atoms with Crippen molar-refractivity contribution in [1.82, 2.24) is 9.62 Å². The van der Waals surface area contributed by atoms with Crippen molar-refractivity contribution in [2.24, 2.45) is 0 Å². The maximum Gasteiger partial charge on any atom is 0.251 e. The molecule has 1 aromatic carbocycles. The molecule has 0 atom stereocenters. The molecule has 1 amide bonds. The van der Waals surface area contributed by atoms with Crippen molar-refractivity contribution in [3.63, 3.8) is 0 Å². The lowest BCUT2D eigenvalue weighted by molar-refractivity contribution is 0.0943. The summed E-state index contributed by atoms with van der Waals surface area (Å²) in [4.78, 5) is 12.0. The topological polar surface area (TPSA) is 75.7 Å². The molecular formula is C16H23ClN2O4S. The molecule has 6 nitrogen and oxygen atoms in total. The molecule has 0 unspecified atom stereocenters. The van der Waals surface area contributed by atoms with Crippen LogP contribution in [0, 0.1) is 0 Å². The van der Waals surface area contributed by atoms with Crippen molar-refractivity contribution in [3.05, 3.63) is 28.8 Å². The van der Waals surface area contributed by atoms with Crippen molar-refractivity contribution in [3.8, 4) is 5.75 Å². The van der Waals surface area contributed by atoms with Gasteiger partial charge in [0.25, 0.3) is 5.91 Å². The van der Waals surface area contributed by atoms with Gasteiger partial charge in [-0.3, -0.25) is 4.79 Å². The van der Waals surface area contributed by atoms with E-state index in [2.05, 4.69) is 5.32 Å². The van der Waals surface area contributed by atoms with Gasteiger partial charge in [-0.25, -0.2) is 12.7 Å². The first-order valence-corrected chi connectivity index (χ1v) is 10.1. The molecule has 1 heterocycles. The molecule has 134 valence electrons. The van der Waals surface area contributed by atoms with Crippen LogP contribution in [0.1, 0.15) is 37.0 Å². The van der Waals surface area contributed by atoms with E-state index in [1.54, 1.807) is 18.2 Å². The quantitative estimate of drug-likeness (QED) is 0.857. The Labute approximate surface area is 148 Å². The van der Waals surface area contributed by atoms with Crippen LogP contribution in [-0.4, -0.2) is 50.1 Å². The summed E-state index contributed by atoms with van der Waals surface area (Å²) in [5, 5.41) is 3.18. The number of sulfonamides is 1. The molecule has 0 bridgehead atoms. The molecule has 1 saturated heterocycles. The van der Waals surface area contributed by atoms with Crippen LogP contribution in [0.5, 0.6) is 5.75 Å². The summed E-state index contributed by atoms with van der Waals surface area (Å²) in [6.45, 7) is 4.66. The average Bonchev–Trinajstić information content (AvgIpc) is 2.48. The highest BCUT2D eigenvalue weighted by Gasteiger charge is 2.26. The highest BCUT2D eigenvalue weighted by molar-refractivity contribution is 7.88. The molecule has 1 aliphatic heterocycles. The SMILES string of the molecule is CC(C)NC(=O)c1ccc(OC2CCN(S(C)(=O)=O)CC2)c(Cl)c1. The summed E-state index contributed by atoms with van der Waals surface area (Å²) < 4.78 is 30.3. The first-order valence-electron chi connectivity index (χ1n) is 7.89. The maximum atomic E-state index is 12.0. The zero-order chi connectivity index (χ0) is 17.9. The number of hydrogen-bond acceptors (Lipinski definition) is 4. The van der Waals surface area contributed by atoms with Crippen LogP contribution in [0.25, 0.3) is 0 Å². The van der Waals surface area contributed by atoms with E-state index in [4.69, 9.17) is 16.3 Å². The fourth-order valence-corrected chi connectivity index (χ4v) is 3.64. The average molecular weight is 375 g/mol. The Bertz CT molecular complexity index is 698. The molecule has 1 aromatic rings. The smallest absolute Gasteiger partial charge is 0.251 e. The highest BCUT2D eigenvalue weighted by atomic mass is 35.5. The van der Waals surface area contributed by atoms with Crippen LogP contribution >= 0.6 is 11.6 Å². The number of rotatable bonds is 5. The van der Waals surface area contributed by atoms with E-state index in [0.717, 1.165) is 0 Å². The van der Waals surface area contributed by atoms with E-state index in [-0.39, 0.29) is 18.1 Å². The van der Waals surface area contributed by atoms with Gasteiger partial charge in [0.2, 0.25) is 10.0 Å². The molecule has 1 fully saturated rings. The zero-order valence-electron chi connectivity index (χ0n) is 14.1. The van der Waals surface area contributed by atoms with Gasteiger partial charge in [0.15, 0.2) is 0 Å². The van der Waals surface area contributed by atoms with E-state index in [1.165, 1.54) is 10.6 Å². The van der Waals surface area contributed by atoms with Gasteiger partial charge in [-0.2, -0.15) is 0 Å². The Morgan fingerprint density at radius 1 is 1.33 bits per heavy atom. The van der Waals surface area contributed by atoms with Crippen LogP contribution in [0.15, 0.2) is 18.2 Å². The Morgan fingerprint density at radius 2 is 1.96 bits per heavy atom. The second kappa shape index (κ2) is 7.72. The Hall–Kier alpha value is -1.31. The summed E-state index contributed by atoms with van der Waals surface area (Å²) in [6.07, 6.45) is 2.35. The molecule has 8 heteroatoms. The van der Waals surface area contributed by atoms with Gasteiger partial charge >= 0.3 is 0 Å². The first-order chi connectivity index (χ1) is 11.2. The maximum absolute atomic E-state index is 12.0. The molecule has 0 spiro atoms. The van der Waals surface area contributed by atoms with Crippen molar-refractivity contribution in [1.29, 1.82) is 0 Å². The van der Waals surface area contributed by atoms with Crippen LogP contribution < -0.4 is 10.1 Å². The standard InChI is InChI=1S/C16H23ClN2O4S/c1-11(2)18-16(20)12-4-5-15(14(17)10-12)23-13-6-8-19(9-7-13)24(3,21)22/h4-5,10-11,13H,6-9H2,1-3H3,(H,18,20). The molecule has 0 aromatic heterocycles. The number of nitrogens with zero attached hydrogens (tertiary/aromatic N) is 1. The number of benzene rings is 1. The summed E-state index contributed by atoms with van der Waals surface area (Å²) in [6, 6.07) is 4.98. The van der Waals surface area contributed by atoms with Gasteiger partial charge < -0.3 is 10.1 Å². The van der Waals surface area contributed by atoms with E-state index in [0.29, 0.717) is 42.3 Å². The Morgan fingerprint density at radius 3 is 2.46 bits per heavy atom. The van der Waals surface area contributed by atoms with Crippen molar-refractivity contribution in [2.75, 3.05) is 19.3 Å². The third-order valence-corrected chi connectivity index (χ3v) is 5.38. The lowest BCUT2D eigenvalue weighted by Crippen LogP contribution is -2.41.